The van der Waals surface area contributed by atoms with Crippen LogP contribution < -0.4 is 10.6 Å². The maximum Gasteiger partial charge on any atom is 0.0831 e. The Balaban J connectivity index is 0.00000144. The first-order chi connectivity index (χ1) is 7.68. The van der Waals surface area contributed by atoms with Crippen molar-refractivity contribution >= 4 is 24.0 Å². The van der Waals surface area contributed by atoms with E-state index in [0.29, 0.717) is 18.1 Å². The minimum atomic E-state index is -0.241. The minimum absolute atomic E-state index is 0. The Morgan fingerprint density at radius 3 is 2.94 bits per heavy atom. The third kappa shape index (κ3) is 3.56. The topological polar surface area (TPSA) is 62.1 Å². The van der Waals surface area contributed by atoms with Gasteiger partial charge in [0.05, 0.1) is 23.0 Å². The number of hydrogen-bond donors (Lipinski definition) is 3. The van der Waals surface area contributed by atoms with Gasteiger partial charge in [-0.05, 0) is 0 Å². The van der Waals surface area contributed by atoms with Gasteiger partial charge in [0.1, 0.15) is 0 Å². The van der Waals surface area contributed by atoms with Crippen molar-refractivity contribution in [3.05, 3.63) is 16.9 Å². The number of aromatic nitrogens is 2. The molecule has 1 fully saturated rings. The van der Waals surface area contributed by atoms with Crippen molar-refractivity contribution in [2.45, 2.75) is 12.6 Å². The van der Waals surface area contributed by atoms with Crippen molar-refractivity contribution in [2.24, 2.45) is 13.0 Å². The first kappa shape index (κ1) is 14.7. The van der Waals surface area contributed by atoms with Crippen LogP contribution in [0.1, 0.15) is 5.69 Å². The molecule has 98 valence electrons. The molecule has 0 aliphatic carbocycles. The molecule has 0 bridgehead atoms. The van der Waals surface area contributed by atoms with E-state index in [9.17, 15) is 5.11 Å². The molecule has 0 saturated carbocycles. The molecule has 1 aromatic heterocycles. The number of nitrogens with one attached hydrogen (secondary N) is 2. The van der Waals surface area contributed by atoms with Crippen LogP contribution in [-0.2, 0) is 13.6 Å². The van der Waals surface area contributed by atoms with Crippen LogP contribution in [0.5, 0.6) is 0 Å². The zero-order chi connectivity index (χ0) is 11.5. The summed E-state index contributed by atoms with van der Waals surface area (Å²) in [5, 5.41) is 20.8. The zero-order valence-electron chi connectivity index (χ0n) is 9.69. The van der Waals surface area contributed by atoms with Crippen molar-refractivity contribution in [2.75, 3.05) is 19.6 Å². The standard InChI is InChI=1S/C10H17ClN4O.ClH/c1-15-9(8(11)4-14-15)5-12-2-7-3-13-6-10(7)16;/h4,7,10,12-13,16H,2-3,5-6H2,1H3;1H. The molecule has 1 aliphatic heterocycles. The summed E-state index contributed by atoms with van der Waals surface area (Å²) in [5.74, 6) is 0.284. The molecule has 2 heterocycles. The van der Waals surface area contributed by atoms with Gasteiger partial charge in [0.25, 0.3) is 0 Å². The Hall–Kier alpha value is -0.330. The number of rotatable bonds is 4. The molecular formula is C10H18Cl2N4O. The van der Waals surface area contributed by atoms with Crippen molar-refractivity contribution < 1.29 is 5.11 Å². The Morgan fingerprint density at radius 1 is 1.65 bits per heavy atom. The van der Waals surface area contributed by atoms with Crippen molar-refractivity contribution in [3.63, 3.8) is 0 Å². The predicted molar refractivity (Wildman–Crippen MR) is 69.5 cm³/mol. The minimum Gasteiger partial charge on any atom is -0.391 e. The van der Waals surface area contributed by atoms with E-state index >= 15 is 0 Å². The molecule has 0 radical (unpaired) electrons. The summed E-state index contributed by atoms with van der Waals surface area (Å²) < 4.78 is 1.76. The molecule has 17 heavy (non-hydrogen) atoms. The van der Waals surface area contributed by atoms with E-state index in [0.717, 1.165) is 18.8 Å². The third-order valence-corrected chi connectivity index (χ3v) is 3.33. The Morgan fingerprint density at radius 2 is 2.41 bits per heavy atom. The lowest BCUT2D eigenvalue weighted by Gasteiger charge is -2.14. The zero-order valence-corrected chi connectivity index (χ0v) is 11.3. The van der Waals surface area contributed by atoms with Crippen LogP contribution in [0.2, 0.25) is 5.02 Å². The average molecular weight is 281 g/mol. The molecule has 2 unspecified atom stereocenters. The molecule has 2 atom stereocenters. The van der Waals surface area contributed by atoms with Crippen LogP contribution in [0.4, 0.5) is 0 Å². The highest BCUT2D eigenvalue weighted by Gasteiger charge is 2.24. The monoisotopic (exact) mass is 280 g/mol. The van der Waals surface area contributed by atoms with Crippen LogP contribution in [0.15, 0.2) is 6.20 Å². The Bertz CT molecular complexity index is 339. The largest absolute Gasteiger partial charge is 0.391 e. The van der Waals surface area contributed by atoms with E-state index in [2.05, 4.69) is 15.7 Å². The third-order valence-electron chi connectivity index (χ3n) is 3.01. The molecule has 5 nitrogen and oxygen atoms in total. The fraction of sp³-hybridized carbons (Fsp3) is 0.700. The van der Waals surface area contributed by atoms with Gasteiger partial charge in [0.2, 0.25) is 0 Å². The highest BCUT2D eigenvalue weighted by molar-refractivity contribution is 6.31. The van der Waals surface area contributed by atoms with Crippen LogP contribution in [0, 0.1) is 5.92 Å². The van der Waals surface area contributed by atoms with Gasteiger partial charge in [-0.1, -0.05) is 11.6 Å². The second-order valence-electron chi connectivity index (χ2n) is 4.18. The summed E-state index contributed by atoms with van der Waals surface area (Å²) in [6.07, 6.45) is 1.40. The molecule has 7 heteroatoms. The summed E-state index contributed by atoms with van der Waals surface area (Å²) in [4.78, 5) is 0. The van der Waals surface area contributed by atoms with Crippen LogP contribution >= 0.6 is 24.0 Å². The molecule has 0 amide bonds. The summed E-state index contributed by atoms with van der Waals surface area (Å²) >= 11 is 5.98. The molecule has 3 N–H and O–H groups in total. The highest BCUT2D eigenvalue weighted by Crippen LogP contribution is 2.14. The van der Waals surface area contributed by atoms with Crippen molar-refractivity contribution in [3.8, 4) is 0 Å². The number of aliphatic hydroxyl groups is 1. The fourth-order valence-electron chi connectivity index (χ4n) is 1.94. The van der Waals surface area contributed by atoms with E-state index in [1.807, 2.05) is 7.05 Å². The van der Waals surface area contributed by atoms with Gasteiger partial charge in [-0.15, -0.1) is 12.4 Å². The first-order valence-corrected chi connectivity index (χ1v) is 5.82. The summed E-state index contributed by atoms with van der Waals surface area (Å²) in [6.45, 7) is 3.03. The highest BCUT2D eigenvalue weighted by atomic mass is 35.5. The van der Waals surface area contributed by atoms with Gasteiger partial charge in [-0.25, -0.2) is 0 Å². The van der Waals surface area contributed by atoms with Gasteiger partial charge < -0.3 is 15.7 Å². The van der Waals surface area contributed by atoms with Gasteiger partial charge >= 0.3 is 0 Å². The molecule has 1 aromatic rings. The number of hydrogen-bond acceptors (Lipinski definition) is 4. The maximum atomic E-state index is 9.61. The quantitative estimate of drug-likeness (QED) is 0.736. The van der Waals surface area contributed by atoms with Crippen LogP contribution in [0.25, 0.3) is 0 Å². The number of aliphatic hydroxyl groups excluding tert-OH is 1. The second-order valence-corrected chi connectivity index (χ2v) is 4.59. The van der Waals surface area contributed by atoms with Crippen molar-refractivity contribution in [1.29, 1.82) is 0 Å². The number of nitrogens with zero attached hydrogens (tertiary/aromatic N) is 2. The van der Waals surface area contributed by atoms with Crippen LogP contribution in [0.3, 0.4) is 0 Å². The molecule has 1 saturated heterocycles. The van der Waals surface area contributed by atoms with Crippen LogP contribution in [-0.4, -0.2) is 40.6 Å². The summed E-state index contributed by atoms with van der Waals surface area (Å²) in [5.41, 5.74) is 0.974. The molecule has 0 aromatic carbocycles. The summed E-state index contributed by atoms with van der Waals surface area (Å²) in [7, 11) is 1.87. The van der Waals surface area contributed by atoms with Crippen molar-refractivity contribution in [1.82, 2.24) is 20.4 Å². The Labute approximate surface area is 112 Å². The fourth-order valence-corrected chi connectivity index (χ4v) is 2.17. The number of aryl methyl sites for hydroxylation is 1. The van der Waals surface area contributed by atoms with Gasteiger partial charge in [0.15, 0.2) is 0 Å². The molecule has 2 rings (SSSR count). The number of halogens is 2. The average Bonchev–Trinajstić information content (AvgIpc) is 2.79. The smallest absolute Gasteiger partial charge is 0.0831 e. The van der Waals surface area contributed by atoms with E-state index in [-0.39, 0.29) is 24.4 Å². The molecule has 1 aliphatic rings. The van der Waals surface area contributed by atoms with E-state index in [1.165, 1.54) is 0 Å². The lowest BCUT2D eigenvalue weighted by atomic mass is 10.1. The Kier molecular flexibility index (Phi) is 5.69. The van der Waals surface area contributed by atoms with E-state index in [4.69, 9.17) is 11.6 Å². The first-order valence-electron chi connectivity index (χ1n) is 5.44. The number of β-amino-alcohol motifs (C(OH)–C–C–N with tert-alkyl or cyclic N) is 1. The van der Waals surface area contributed by atoms with E-state index < -0.39 is 0 Å². The van der Waals surface area contributed by atoms with E-state index in [1.54, 1.807) is 10.9 Å². The molecule has 0 spiro atoms. The predicted octanol–water partition coefficient (Wildman–Crippen LogP) is 0.165. The van der Waals surface area contributed by atoms with Gasteiger partial charge in [-0.2, -0.15) is 5.10 Å². The SMILES string of the molecule is Cl.Cn1ncc(Cl)c1CNCC1CNCC1O. The van der Waals surface area contributed by atoms with Gasteiger partial charge in [0, 0.05) is 39.1 Å². The summed E-state index contributed by atoms with van der Waals surface area (Å²) in [6, 6.07) is 0. The lowest BCUT2D eigenvalue weighted by Crippen LogP contribution is -2.30. The normalized spacial score (nSPS) is 23.7. The molecular weight excluding hydrogens is 263 g/mol. The maximum absolute atomic E-state index is 9.61. The second kappa shape index (κ2) is 6.56. The van der Waals surface area contributed by atoms with Gasteiger partial charge in [-0.3, -0.25) is 4.68 Å². The lowest BCUT2D eigenvalue weighted by molar-refractivity contribution is 0.146.